The van der Waals surface area contributed by atoms with Crippen LogP contribution in [0.4, 0.5) is 0 Å². The second-order valence-corrected chi connectivity index (χ2v) is 6.36. The first-order valence-electron chi connectivity index (χ1n) is 7.77. The van der Waals surface area contributed by atoms with E-state index >= 15 is 0 Å². The van der Waals surface area contributed by atoms with Gasteiger partial charge in [0.05, 0.1) is 23.4 Å². The van der Waals surface area contributed by atoms with Gasteiger partial charge in [0.1, 0.15) is 5.75 Å². The molecule has 124 valence electrons. The highest BCUT2D eigenvalue weighted by Gasteiger charge is 2.10. The summed E-state index contributed by atoms with van der Waals surface area (Å²) in [5, 5.41) is 10.3. The molecule has 0 N–H and O–H groups in total. The fourth-order valence-electron chi connectivity index (χ4n) is 2.43. The molecular formula is C19H15N3O2S. The number of ether oxygens (including phenoxy) is 1. The summed E-state index contributed by atoms with van der Waals surface area (Å²) < 4.78 is 10.9. The van der Waals surface area contributed by atoms with Crippen LogP contribution in [0.5, 0.6) is 5.75 Å². The van der Waals surface area contributed by atoms with Gasteiger partial charge in [-0.2, -0.15) is 0 Å². The van der Waals surface area contributed by atoms with Gasteiger partial charge in [-0.3, -0.25) is 0 Å². The highest BCUT2D eigenvalue weighted by molar-refractivity contribution is 7.98. The lowest BCUT2D eigenvalue weighted by Gasteiger charge is -2.01. The van der Waals surface area contributed by atoms with Gasteiger partial charge in [0.15, 0.2) is 0 Å². The van der Waals surface area contributed by atoms with Gasteiger partial charge in [0, 0.05) is 10.9 Å². The van der Waals surface area contributed by atoms with Gasteiger partial charge in [-0.1, -0.05) is 36.0 Å². The predicted octanol–water partition coefficient (Wildman–Crippen LogP) is 4.59. The van der Waals surface area contributed by atoms with Crippen LogP contribution in [0.15, 0.2) is 70.1 Å². The average molecular weight is 349 g/mol. The first kappa shape index (κ1) is 15.7. The Hall–Kier alpha value is -2.86. The zero-order chi connectivity index (χ0) is 17.1. The molecule has 2 heterocycles. The number of hydrogen-bond donors (Lipinski definition) is 0. The van der Waals surface area contributed by atoms with Crippen molar-refractivity contribution in [1.82, 2.24) is 15.2 Å². The van der Waals surface area contributed by atoms with Crippen molar-refractivity contribution >= 4 is 22.7 Å². The monoisotopic (exact) mass is 349 g/mol. The summed E-state index contributed by atoms with van der Waals surface area (Å²) in [6.45, 7) is 0. The molecule has 5 nitrogen and oxygen atoms in total. The molecule has 0 bridgehead atoms. The number of para-hydroxylation sites is 1. The van der Waals surface area contributed by atoms with Gasteiger partial charge in [-0.15, -0.1) is 10.2 Å². The maximum Gasteiger partial charge on any atom is 0.247 e. The highest BCUT2D eigenvalue weighted by atomic mass is 32.2. The molecule has 4 aromatic rings. The fraction of sp³-hybridized carbons (Fsp3) is 0.105. The van der Waals surface area contributed by atoms with Crippen LogP contribution in [-0.4, -0.2) is 22.3 Å². The Bertz CT molecular complexity index is 999. The Morgan fingerprint density at radius 2 is 1.80 bits per heavy atom. The first-order valence-corrected chi connectivity index (χ1v) is 8.76. The number of methoxy groups -OCH3 is 1. The summed E-state index contributed by atoms with van der Waals surface area (Å²) in [7, 11) is 1.64. The second kappa shape index (κ2) is 6.94. The van der Waals surface area contributed by atoms with Crippen molar-refractivity contribution in [2.45, 2.75) is 10.8 Å². The van der Waals surface area contributed by atoms with Crippen molar-refractivity contribution < 1.29 is 9.15 Å². The van der Waals surface area contributed by atoms with Crippen LogP contribution < -0.4 is 4.74 Å². The zero-order valence-corrected chi connectivity index (χ0v) is 14.4. The Labute approximate surface area is 149 Å². The third-order valence-corrected chi connectivity index (χ3v) is 4.63. The van der Waals surface area contributed by atoms with E-state index < -0.39 is 0 Å². The van der Waals surface area contributed by atoms with Gasteiger partial charge in [-0.05, 0) is 36.4 Å². The van der Waals surface area contributed by atoms with Crippen molar-refractivity contribution in [3.05, 3.63) is 66.6 Å². The topological polar surface area (TPSA) is 61.0 Å². The lowest BCUT2D eigenvalue weighted by atomic mass is 10.2. The minimum atomic E-state index is 0.504. The third-order valence-electron chi connectivity index (χ3n) is 3.72. The lowest BCUT2D eigenvalue weighted by Crippen LogP contribution is -1.85. The Kier molecular flexibility index (Phi) is 4.35. The number of aromatic nitrogens is 3. The van der Waals surface area contributed by atoms with Gasteiger partial charge in [-0.25, -0.2) is 4.98 Å². The number of fused-ring (bicyclic) bond motifs is 1. The number of hydrogen-bond acceptors (Lipinski definition) is 6. The van der Waals surface area contributed by atoms with Crippen LogP contribution in [0.3, 0.4) is 0 Å². The van der Waals surface area contributed by atoms with Crippen molar-refractivity contribution in [3.8, 4) is 17.2 Å². The SMILES string of the molecule is COc1ccc(-c2nnc(CSc3ccc4ccccc4n3)o2)cc1. The molecule has 2 aromatic carbocycles. The Morgan fingerprint density at radius 3 is 2.64 bits per heavy atom. The van der Waals surface area contributed by atoms with E-state index in [2.05, 4.69) is 27.3 Å². The standard InChI is InChI=1S/C19H15N3O2S/c1-23-15-9-6-14(7-10-15)19-22-21-17(24-19)12-25-18-11-8-13-4-2-3-5-16(13)20-18/h2-11H,12H2,1H3. The Morgan fingerprint density at radius 1 is 0.960 bits per heavy atom. The summed E-state index contributed by atoms with van der Waals surface area (Å²) in [5.74, 6) is 2.45. The molecule has 2 aromatic heterocycles. The summed E-state index contributed by atoms with van der Waals surface area (Å²) >= 11 is 1.58. The van der Waals surface area contributed by atoms with Crippen LogP contribution in [-0.2, 0) is 5.75 Å². The van der Waals surface area contributed by atoms with Gasteiger partial charge < -0.3 is 9.15 Å². The van der Waals surface area contributed by atoms with E-state index in [4.69, 9.17) is 9.15 Å². The maximum absolute atomic E-state index is 5.74. The van der Waals surface area contributed by atoms with E-state index in [1.54, 1.807) is 18.9 Å². The minimum Gasteiger partial charge on any atom is -0.497 e. The van der Waals surface area contributed by atoms with E-state index in [1.807, 2.05) is 48.5 Å². The quantitative estimate of drug-likeness (QED) is 0.491. The molecule has 25 heavy (non-hydrogen) atoms. The predicted molar refractivity (Wildman–Crippen MR) is 97.6 cm³/mol. The van der Waals surface area contributed by atoms with E-state index in [0.717, 1.165) is 27.2 Å². The fourth-order valence-corrected chi connectivity index (χ4v) is 3.14. The van der Waals surface area contributed by atoms with Crippen LogP contribution in [0.1, 0.15) is 5.89 Å². The Balaban J connectivity index is 1.46. The summed E-state index contributed by atoms with van der Waals surface area (Å²) in [5.41, 5.74) is 1.85. The summed E-state index contributed by atoms with van der Waals surface area (Å²) in [6.07, 6.45) is 0. The van der Waals surface area contributed by atoms with Crippen molar-refractivity contribution in [3.63, 3.8) is 0 Å². The molecule has 0 radical (unpaired) electrons. The van der Waals surface area contributed by atoms with E-state index in [-0.39, 0.29) is 0 Å². The number of nitrogens with zero attached hydrogens (tertiary/aromatic N) is 3. The van der Waals surface area contributed by atoms with E-state index in [9.17, 15) is 0 Å². The zero-order valence-electron chi connectivity index (χ0n) is 13.5. The molecular weight excluding hydrogens is 334 g/mol. The van der Waals surface area contributed by atoms with Crippen molar-refractivity contribution in [2.75, 3.05) is 7.11 Å². The van der Waals surface area contributed by atoms with Crippen molar-refractivity contribution in [2.24, 2.45) is 0 Å². The van der Waals surface area contributed by atoms with Gasteiger partial charge in [0.2, 0.25) is 11.8 Å². The van der Waals surface area contributed by atoms with Crippen molar-refractivity contribution in [1.29, 1.82) is 0 Å². The molecule has 0 saturated heterocycles. The molecule has 0 unspecified atom stereocenters. The number of rotatable bonds is 5. The number of pyridine rings is 1. The largest absolute Gasteiger partial charge is 0.497 e. The molecule has 0 saturated carbocycles. The van der Waals surface area contributed by atoms with Crippen LogP contribution in [0, 0.1) is 0 Å². The van der Waals surface area contributed by atoms with Gasteiger partial charge in [0.25, 0.3) is 0 Å². The van der Waals surface area contributed by atoms with Crippen LogP contribution >= 0.6 is 11.8 Å². The highest BCUT2D eigenvalue weighted by Crippen LogP contribution is 2.25. The number of thioether (sulfide) groups is 1. The molecule has 0 fully saturated rings. The van der Waals surface area contributed by atoms with Crippen LogP contribution in [0.25, 0.3) is 22.4 Å². The maximum atomic E-state index is 5.74. The average Bonchev–Trinajstić information content (AvgIpc) is 3.15. The molecule has 0 aliphatic rings. The first-order chi connectivity index (χ1) is 12.3. The summed E-state index contributed by atoms with van der Waals surface area (Å²) in [4.78, 5) is 4.63. The lowest BCUT2D eigenvalue weighted by molar-refractivity contribution is 0.415. The summed E-state index contributed by atoms with van der Waals surface area (Å²) in [6, 6.07) is 19.7. The molecule has 0 aliphatic carbocycles. The minimum absolute atomic E-state index is 0.504. The molecule has 4 rings (SSSR count). The molecule has 0 amide bonds. The number of benzene rings is 2. The molecule has 0 atom stereocenters. The van der Waals surface area contributed by atoms with Gasteiger partial charge >= 0.3 is 0 Å². The third kappa shape index (κ3) is 3.49. The normalized spacial score (nSPS) is 10.9. The van der Waals surface area contributed by atoms with E-state index in [1.165, 1.54) is 0 Å². The molecule has 0 spiro atoms. The van der Waals surface area contributed by atoms with Crippen LogP contribution in [0.2, 0.25) is 0 Å². The second-order valence-electron chi connectivity index (χ2n) is 5.36. The smallest absolute Gasteiger partial charge is 0.247 e. The molecule has 6 heteroatoms. The van der Waals surface area contributed by atoms with E-state index in [0.29, 0.717) is 17.5 Å². The molecule has 0 aliphatic heterocycles.